The number of phenols is 1. The number of nitrogens with one attached hydrogen (secondary N) is 1. The second-order valence-electron chi connectivity index (χ2n) is 10.3. The number of rotatable bonds is 7. The molecular formula is C27H22Cl2F5N7O5. The van der Waals surface area contributed by atoms with Crippen molar-refractivity contribution >= 4 is 57.6 Å². The zero-order valence-corrected chi connectivity index (χ0v) is 25.1. The highest BCUT2D eigenvalue weighted by molar-refractivity contribution is 6.34. The number of amides is 2. The van der Waals surface area contributed by atoms with Crippen molar-refractivity contribution in [3.05, 3.63) is 62.1 Å². The predicted octanol–water partition coefficient (Wildman–Crippen LogP) is 3.88. The molecule has 46 heavy (non-hydrogen) atoms. The van der Waals surface area contributed by atoms with Crippen LogP contribution in [-0.2, 0) is 29.3 Å². The Hall–Kier alpha value is -4.48. The third-order valence-electron chi connectivity index (χ3n) is 7.31. The normalized spacial score (nSPS) is 16.8. The number of aromatic hydroxyl groups is 1. The molecule has 2 amide bonds. The van der Waals surface area contributed by atoms with E-state index in [0.717, 1.165) is 29.9 Å². The van der Waals surface area contributed by atoms with Crippen LogP contribution in [0, 0.1) is 5.95 Å². The van der Waals surface area contributed by atoms with E-state index >= 15 is 0 Å². The molecular weight excluding hydrogens is 668 g/mol. The second kappa shape index (κ2) is 12.0. The molecule has 4 aromatic rings. The van der Waals surface area contributed by atoms with Gasteiger partial charge >= 0.3 is 6.18 Å². The van der Waals surface area contributed by atoms with Crippen LogP contribution in [0.2, 0.25) is 10.0 Å². The van der Waals surface area contributed by atoms with Crippen LogP contribution in [0.5, 0.6) is 5.75 Å². The zero-order valence-electron chi connectivity index (χ0n) is 23.6. The highest BCUT2D eigenvalue weighted by atomic mass is 35.5. The summed E-state index contributed by atoms with van der Waals surface area (Å²) in [5.74, 6) is -5.53. The van der Waals surface area contributed by atoms with E-state index in [1.54, 1.807) is 0 Å². The Labute approximate surface area is 265 Å². The Morgan fingerprint density at radius 2 is 1.89 bits per heavy atom. The van der Waals surface area contributed by atoms with Gasteiger partial charge in [0.25, 0.3) is 11.5 Å². The van der Waals surface area contributed by atoms with E-state index in [1.165, 1.54) is 18.1 Å². The first kappa shape index (κ1) is 32.9. The lowest BCUT2D eigenvalue weighted by atomic mass is 10.0. The van der Waals surface area contributed by atoms with Gasteiger partial charge in [0.1, 0.15) is 41.1 Å². The summed E-state index contributed by atoms with van der Waals surface area (Å²) in [6.45, 7) is -0.933. The number of halogens is 7. The number of carbonyl (C=O) groups is 2. The van der Waals surface area contributed by atoms with E-state index in [0.29, 0.717) is 0 Å². The van der Waals surface area contributed by atoms with Gasteiger partial charge in [-0.15, -0.1) is 0 Å². The molecule has 4 N–H and O–H groups in total. The van der Waals surface area contributed by atoms with E-state index in [2.05, 4.69) is 15.3 Å². The molecule has 0 aliphatic carbocycles. The van der Waals surface area contributed by atoms with Gasteiger partial charge in [-0.3, -0.25) is 19.0 Å². The molecule has 1 saturated heterocycles. The van der Waals surface area contributed by atoms with Gasteiger partial charge in [0.2, 0.25) is 17.7 Å². The Morgan fingerprint density at radius 1 is 1.20 bits per heavy atom. The number of primary amides is 1. The SMILES string of the molecule is CO[C@@H]1CN(c2cc(NC(=O)Cn3cc(-c4cc(Cl)c(O)c(C(N)=O)c4)c4c(=O)n(C)c(C(F)(F)F)nc43)c(Cl)c(F)n2)C[C@@H]1F. The number of ether oxygens (including phenoxy) is 1. The van der Waals surface area contributed by atoms with Gasteiger partial charge in [-0.2, -0.15) is 17.6 Å². The molecule has 1 aliphatic rings. The summed E-state index contributed by atoms with van der Waals surface area (Å²) in [4.78, 5) is 47.1. The molecule has 0 saturated carbocycles. The van der Waals surface area contributed by atoms with Crippen molar-refractivity contribution in [2.75, 3.05) is 30.4 Å². The highest BCUT2D eigenvalue weighted by Crippen LogP contribution is 2.37. The average molecular weight is 690 g/mol. The summed E-state index contributed by atoms with van der Waals surface area (Å²) in [7, 11) is 2.16. The number of carbonyl (C=O) groups excluding carboxylic acids is 2. The smallest absolute Gasteiger partial charge is 0.449 e. The topological polar surface area (TPSA) is 158 Å². The molecule has 0 spiro atoms. The predicted molar refractivity (Wildman–Crippen MR) is 156 cm³/mol. The lowest BCUT2D eigenvalue weighted by Crippen LogP contribution is -2.28. The number of hydrogen-bond donors (Lipinski definition) is 3. The highest BCUT2D eigenvalue weighted by Gasteiger charge is 2.38. The van der Waals surface area contributed by atoms with Gasteiger partial charge in [0.05, 0.1) is 28.2 Å². The fourth-order valence-corrected chi connectivity index (χ4v) is 5.44. The van der Waals surface area contributed by atoms with E-state index in [-0.39, 0.29) is 45.3 Å². The van der Waals surface area contributed by atoms with Crippen LogP contribution in [0.15, 0.2) is 29.2 Å². The standard InChI is InChI=1S/C27H22Cl2F5N7O5/c1-39-25(45)19-12(10-3-11(23(35)44)21(43)13(28)4-10)6-41(24(19)38-26(39)27(32,33)34)9-18(42)36-15-5-17(37-22(31)20(15)29)40-7-14(30)16(8-40)46-2/h3-6,14,16,43H,7-9H2,1-2H3,(H2,35,44)(H,36,37,42)/t14-,16+/m0/s1. The first-order chi connectivity index (χ1) is 21.5. The summed E-state index contributed by atoms with van der Waals surface area (Å²) >= 11 is 12.1. The fourth-order valence-electron chi connectivity index (χ4n) is 5.08. The van der Waals surface area contributed by atoms with Crippen molar-refractivity contribution in [1.29, 1.82) is 0 Å². The van der Waals surface area contributed by atoms with E-state index < -0.39 is 81.5 Å². The monoisotopic (exact) mass is 689 g/mol. The lowest BCUT2D eigenvalue weighted by molar-refractivity contribution is -0.147. The first-order valence-corrected chi connectivity index (χ1v) is 13.8. The Balaban J connectivity index is 1.59. The zero-order chi connectivity index (χ0) is 33.8. The van der Waals surface area contributed by atoms with Crippen molar-refractivity contribution in [2.24, 2.45) is 12.8 Å². The van der Waals surface area contributed by atoms with Crippen molar-refractivity contribution in [3.63, 3.8) is 0 Å². The van der Waals surface area contributed by atoms with Crippen LogP contribution in [-0.4, -0.2) is 68.5 Å². The number of hydrogen-bond acceptors (Lipinski definition) is 8. The van der Waals surface area contributed by atoms with E-state index in [1.807, 2.05) is 0 Å². The third-order valence-corrected chi connectivity index (χ3v) is 7.96. The van der Waals surface area contributed by atoms with E-state index in [9.17, 15) is 41.4 Å². The minimum Gasteiger partial charge on any atom is -0.506 e. The van der Waals surface area contributed by atoms with Crippen molar-refractivity contribution in [1.82, 2.24) is 19.1 Å². The quantitative estimate of drug-likeness (QED) is 0.195. The van der Waals surface area contributed by atoms with Crippen LogP contribution in [0.1, 0.15) is 16.2 Å². The molecule has 3 aromatic heterocycles. The number of nitrogens with two attached hydrogens (primary N) is 1. The molecule has 1 aromatic carbocycles. The summed E-state index contributed by atoms with van der Waals surface area (Å²) in [5.41, 5.74) is 2.73. The average Bonchev–Trinajstić information content (AvgIpc) is 3.53. The maximum atomic E-state index is 14.7. The second-order valence-corrected chi connectivity index (χ2v) is 11.0. The van der Waals surface area contributed by atoms with Crippen molar-refractivity contribution in [2.45, 2.75) is 25.0 Å². The van der Waals surface area contributed by atoms with Crippen LogP contribution in [0.4, 0.5) is 33.5 Å². The maximum absolute atomic E-state index is 14.7. The van der Waals surface area contributed by atoms with Crippen LogP contribution < -0.4 is 21.5 Å². The fraction of sp³-hybridized carbons (Fsp3) is 0.296. The third kappa shape index (κ3) is 5.92. The minimum absolute atomic E-state index is 0.0190. The van der Waals surface area contributed by atoms with Crippen LogP contribution >= 0.6 is 23.2 Å². The van der Waals surface area contributed by atoms with Gasteiger partial charge in [-0.1, -0.05) is 23.2 Å². The maximum Gasteiger partial charge on any atom is 0.449 e. The van der Waals surface area contributed by atoms with Crippen molar-refractivity contribution in [3.8, 4) is 16.9 Å². The van der Waals surface area contributed by atoms with Crippen LogP contribution in [0.25, 0.3) is 22.2 Å². The molecule has 19 heteroatoms. The number of aromatic nitrogens is 4. The molecule has 5 rings (SSSR count). The molecule has 0 radical (unpaired) electrons. The Morgan fingerprint density at radius 3 is 2.50 bits per heavy atom. The molecule has 244 valence electrons. The Bertz CT molecular complexity index is 1970. The number of benzene rings is 1. The number of anilines is 2. The first-order valence-electron chi connectivity index (χ1n) is 13.1. The number of fused-ring (bicyclic) bond motifs is 1. The molecule has 1 aliphatic heterocycles. The summed E-state index contributed by atoms with van der Waals surface area (Å²) in [6.07, 6.45) is -6.17. The van der Waals surface area contributed by atoms with Crippen LogP contribution in [0.3, 0.4) is 0 Å². The number of pyridine rings is 1. The minimum atomic E-state index is -5.07. The molecule has 0 bridgehead atoms. The van der Waals surface area contributed by atoms with Gasteiger partial charge in [0.15, 0.2) is 0 Å². The number of alkyl halides is 4. The number of methoxy groups -OCH3 is 1. The molecule has 0 unspecified atom stereocenters. The van der Waals surface area contributed by atoms with E-state index in [4.69, 9.17) is 33.7 Å². The lowest BCUT2D eigenvalue weighted by Gasteiger charge is -2.18. The van der Waals surface area contributed by atoms with Gasteiger partial charge < -0.3 is 30.4 Å². The summed E-state index contributed by atoms with van der Waals surface area (Å²) in [6, 6.07) is 3.39. The molecule has 1 fully saturated rings. The molecule has 2 atom stereocenters. The van der Waals surface area contributed by atoms with Gasteiger partial charge in [-0.05, 0) is 17.7 Å². The van der Waals surface area contributed by atoms with Crippen molar-refractivity contribution < 1.29 is 41.4 Å². The summed E-state index contributed by atoms with van der Waals surface area (Å²) in [5, 5.41) is 11.2. The summed E-state index contributed by atoms with van der Waals surface area (Å²) < 4.78 is 76.6. The Kier molecular flexibility index (Phi) is 8.61. The number of nitrogens with zero attached hydrogens (tertiary/aromatic N) is 5. The largest absolute Gasteiger partial charge is 0.506 e. The van der Waals surface area contributed by atoms with Gasteiger partial charge in [0, 0.05) is 38.5 Å². The van der Waals surface area contributed by atoms with Gasteiger partial charge in [-0.25, -0.2) is 14.4 Å². The molecule has 4 heterocycles. The molecule has 12 nitrogen and oxygen atoms in total.